The molecule has 0 saturated heterocycles. The third-order valence-corrected chi connectivity index (χ3v) is 3.46. The minimum atomic E-state index is -0.279. The highest BCUT2D eigenvalue weighted by Gasteiger charge is 2.14. The molecular weight excluding hydrogens is 297 g/mol. The van der Waals surface area contributed by atoms with Crippen molar-refractivity contribution in [3.05, 3.63) is 52.0 Å². The van der Waals surface area contributed by atoms with Gasteiger partial charge in [-0.05, 0) is 25.1 Å². The van der Waals surface area contributed by atoms with Gasteiger partial charge >= 0.3 is 0 Å². The van der Waals surface area contributed by atoms with Crippen LogP contribution in [0.2, 0.25) is 10.0 Å². The number of hydrogen-bond donors (Lipinski definition) is 1. The fourth-order valence-corrected chi connectivity index (χ4v) is 2.43. The lowest BCUT2D eigenvalue weighted by atomic mass is 10.00. The Morgan fingerprint density at radius 2 is 1.80 bits per heavy atom. The van der Waals surface area contributed by atoms with Gasteiger partial charge in [0.15, 0.2) is 5.75 Å². The summed E-state index contributed by atoms with van der Waals surface area (Å²) < 4.78 is 0. The third-order valence-electron chi connectivity index (χ3n) is 2.81. The van der Waals surface area contributed by atoms with E-state index < -0.39 is 0 Å². The van der Waals surface area contributed by atoms with Crippen molar-refractivity contribution >= 4 is 29.1 Å². The summed E-state index contributed by atoms with van der Waals surface area (Å²) in [7, 11) is 0. The Kier molecular flexibility index (Phi) is 4.53. The first-order chi connectivity index (χ1) is 9.50. The molecule has 2 rings (SSSR count). The molecule has 0 bridgehead atoms. The molecule has 0 heterocycles. The highest BCUT2D eigenvalue weighted by Crippen LogP contribution is 2.39. The van der Waals surface area contributed by atoms with Crippen LogP contribution in [0.3, 0.4) is 0 Å². The van der Waals surface area contributed by atoms with Crippen molar-refractivity contribution < 1.29 is 9.63 Å². The number of rotatable bonds is 3. The number of nitrogens with one attached hydrogen (secondary N) is 1. The number of hydrogen-bond acceptors (Lipinski definition) is 2. The van der Waals surface area contributed by atoms with E-state index in [9.17, 15) is 4.79 Å². The van der Waals surface area contributed by atoms with E-state index in [1.165, 1.54) is 6.92 Å². The molecule has 1 amide bonds. The van der Waals surface area contributed by atoms with Gasteiger partial charge in [-0.3, -0.25) is 4.79 Å². The van der Waals surface area contributed by atoms with E-state index in [2.05, 4.69) is 5.48 Å². The first-order valence-corrected chi connectivity index (χ1v) is 6.73. The van der Waals surface area contributed by atoms with Crippen molar-refractivity contribution in [2.24, 2.45) is 0 Å². The monoisotopic (exact) mass is 309 g/mol. The van der Waals surface area contributed by atoms with Crippen LogP contribution in [-0.2, 0) is 4.79 Å². The van der Waals surface area contributed by atoms with Gasteiger partial charge in [-0.1, -0.05) is 41.4 Å². The maximum absolute atomic E-state index is 10.9. The lowest BCUT2D eigenvalue weighted by molar-refractivity contribution is -0.125. The molecular formula is C15H13Cl2NO2. The number of halogens is 2. The smallest absolute Gasteiger partial charge is 0.249 e. The summed E-state index contributed by atoms with van der Waals surface area (Å²) >= 11 is 12.5. The minimum absolute atomic E-state index is 0.279. The molecule has 0 fully saturated rings. The van der Waals surface area contributed by atoms with Crippen LogP contribution < -0.4 is 10.3 Å². The highest BCUT2D eigenvalue weighted by atomic mass is 35.5. The van der Waals surface area contributed by atoms with Gasteiger partial charge in [0, 0.05) is 33.7 Å². The van der Waals surface area contributed by atoms with Gasteiger partial charge < -0.3 is 4.84 Å². The first kappa shape index (κ1) is 14.7. The van der Waals surface area contributed by atoms with Crippen LogP contribution in [0.25, 0.3) is 11.1 Å². The predicted molar refractivity (Wildman–Crippen MR) is 81.1 cm³/mol. The summed E-state index contributed by atoms with van der Waals surface area (Å²) in [6.45, 7) is 3.24. The van der Waals surface area contributed by atoms with Crippen molar-refractivity contribution in [1.82, 2.24) is 5.48 Å². The molecule has 0 aliphatic rings. The molecule has 0 saturated carbocycles. The third kappa shape index (κ3) is 3.06. The second-order valence-electron chi connectivity index (χ2n) is 4.29. The SMILES string of the molecule is CC(=O)NOc1ccc(Cl)c(-c2ccccc2Cl)c1C. The molecule has 5 heteroatoms. The second kappa shape index (κ2) is 6.16. The molecule has 0 unspecified atom stereocenters. The van der Waals surface area contributed by atoms with E-state index in [0.29, 0.717) is 15.8 Å². The molecule has 2 aromatic rings. The van der Waals surface area contributed by atoms with E-state index in [-0.39, 0.29) is 5.91 Å². The van der Waals surface area contributed by atoms with Crippen molar-refractivity contribution in [3.8, 4) is 16.9 Å². The zero-order valence-corrected chi connectivity index (χ0v) is 12.5. The average molecular weight is 310 g/mol. The number of hydroxylamine groups is 1. The molecule has 20 heavy (non-hydrogen) atoms. The van der Waals surface area contributed by atoms with Gasteiger partial charge in [-0.15, -0.1) is 0 Å². The fourth-order valence-electron chi connectivity index (χ4n) is 1.89. The van der Waals surface area contributed by atoms with Crippen LogP contribution in [0.5, 0.6) is 5.75 Å². The van der Waals surface area contributed by atoms with Gasteiger partial charge in [0.1, 0.15) is 0 Å². The van der Waals surface area contributed by atoms with E-state index in [1.54, 1.807) is 18.2 Å². The maximum Gasteiger partial charge on any atom is 0.249 e. The van der Waals surface area contributed by atoms with Crippen molar-refractivity contribution in [2.45, 2.75) is 13.8 Å². The first-order valence-electron chi connectivity index (χ1n) is 5.98. The van der Waals surface area contributed by atoms with Gasteiger partial charge in [0.05, 0.1) is 0 Å². The molecule has 3 nitrogen and oxygen atoms in total. The Bertz CT molecular complexity index is 656. The Hall–Kier alpha value is -1.71. The average Bonchev–Trinajstić information content (AvgIpc) is 2.40. The largest absolute Gasteiger partial charge is 0.379 e. The van der Waals surface area contributed by atoms with Crippen molar-refractivity contribution in [1.29, 1.82) is 0 Å². The summed E-state index contributed by atoms with van der Waals surface area (Å²) in [5, 5.41) is 1.18. The lowest BCUT2D eigenvalue weighted by Crippen LogP contribution is -2.24. The molecule has 2 aromatic carbocycles. The quantitative estimate of drug-likeness (QED) is 0.853. The molecule has 0 radical (unpaired) electrons. The molecule has 0 aliphatic heterocycles. The van der Waals surface area contributed by atoms with Crippen LogP contribution in [0.15, 0.2) is 36.4 Å². The number of amides is 1. The van der Waals surface area contributed by atoms with Crippen LogP contribution in [0, 0.1) is 6.92 Å². The lowest BCUT2D eigenvalue weighted by Gasteiger charge is -2.14. The Morgan fingerprint density at radius 3 is 2.45 bits per heavy atom. The zero-order valence-electron chi connectivity index (χ0n) is 11.0. The van der Waals surface area contributed by atoms with Crippen molar-refractivity contribution in [3.63, 3.8) is 0 Å². The Balaban J connectivity index is 2.50. The van der Waals surface area contributed by atoms with Gasteiger partial charge in [-0.2, -0.15) is 5.48 Å². The minimum Gasteiger partial charge on any atom is -0.379 e. The van der Waals surface area contributed by atoms with Crippen molar-refractivity contribution in [2.75, 3.05) is 0 Å². The molecule has 104 valence electrons. The van der Waals surface area contributed by atoms with Crippen LogP contribution in [0.4, 0.5) is 0 Å². The number of carbonyl (C=O) groups is 1. The van der Waals surface area contributed by atoms with Gasteiger partial charge in [0.25, 0.3) is 0 Å². The number of carbonyl (C=O) groups excluding carboxylic acids is 1. The fraction of sp³-hybridized carbons (Fsp3) is 0.133. The van der Waals surface area contributed by atoms with E-state index in [4.69, 9.17) is 28.0 Å². The Labute approximate surface area is 127 Å². The van der Waals surface area contributed by atoms with Gasteiger partial charge in [-0.25, -0.2) is 0 Å². The van der Waals surface area contributed by atoms with E-state index in [0.717, 1.165) is 16.7 Å². The summed E-state index contributed by atoms with van der Waals surface area (Å²) in [5.41, 5.74) is 4.72. The zero-order chi connectivity index (χ0) is 14.7. The Morgan fingerprint density at radius 1 is 1.10 bits per heavy atom. The van der Waals surface area contributed by atoms with Crippen LogP contribution in [0.1, 0.15) is 12.5 Å². The molecule has 0 aliphatic carbocycles. The summed E-state index contributed by atoms with van der Waals surface area (Å²) in [5.74, 6) is 0.248. The summed E-state index contributed by atoms with van der Waals surface area (Å²) in [6.07, 6.45) is 0. The van der Waals surface area contributed by atoms with Gasteiger partial charge in [0.2, 0.25) is 5.91 Å². The topological polar surface area (TPSA) is 38.3 Å². The van der Waals surface area contributed by atoms with Crippen LogP contribution in [-0.4, -0.2) is 5.91 Å². The molecule has 1 N–H and O–H groups in total. The molecule has 0 spiro atoms. The number of benzene rings is 2. The summed E-state index contributed by atoms with van der Waals surface area (Å²) in [4.78, 5) is 16.2. The van der Waals surface area contributed by atoms with E-state index in [1.807, 2.05) is 25.1 Å². The van der Waals surface area contributed by atoms with E-state index >= 15 is 0 Å². The summed E-state index contributed by atoms with van der Waals surface area (Å²) in [6, 6.07) is 10.8. The molecule has 0 atom stereocenters. The standard InChI is InChI=1S/C15H13Cl2NO2/c1-9-14(20-18-10(2)19)8-7-13(17)15(9)11-5-3-4-6-12(11)16/h3-8H,1-2H3,(H,18,19). The maximum atomic E-state index is 10.9. The van der Waals surface area contributed by atoms with Crippen LogP contribution >= 0.6 is 23.2 Å². The highest BCUT2D eigenvalue weighted by molar-refractivity contribution is 6.36. The predicted octanol–water partition coefficient (Wildman–Crippen LogP) is 4.40. The second-order valence-corrected chi connectivity index (χ2v) is 5.10. The molecule has 0 aromatic heterocycles. The normalized spacial score (nSPS) is 10.2.